The van der Waals surface area contributed by atoms with Crippen molar-refractivity contribution in [2.45, 2.75) is 0 Å². The van der Waals surface area contributed by atoms with Gasteiger partial charge in [0.15, 0.2) is 23.3 Å². The van der Waals surface area contributed by atoms with Crippen LogP contribution in [0.3, 0.4) is 0 Å². The Kier molecular flexibility index (Phi) is 5.15. The van der Waals surface area contributed by atoms with Crippen LogP contribution in [0.1, 0.15) is 0 Å². The summed E-state index contributed by atoms with van der Waals surface area (Å²) in [5.74, 6) is 2.36. The average molecular weight is 496 g/mol. The van der Waals surface area contributed by atoms with Crippen LogP contribution in [0.25, 0.3) is 65.9 Å². The normalized spacial score (nSPS) is 11.2. The van der Waals surface area contributed by atoms with Gasteiger partial charge in [-0.3, -0.25) is 0 Å². The second-order valence-corrected chi connectivity index (χ2v) is 9.41. The zero-order chi connectivity index (χ0) is 24.6. The summed E-state index contributed by atoms with van der Waals surface area (Å²) in [6, 6.07) is 25.9. The van der Waals surface area contributed by atoms with Crippen molar-refractivity contribution in [1.29, 1.82) is 0 Å². The van der Waals surface area contributed by atoms with Gasteiger partial charge >= 0.3 is 0 Å². The van der Waals surface area contributed by atoms with Crippen molar-refractivity contribution in [3.8, 4) is 45.6 Å². The van der Waals surface area contributed by atoms with E-state index in [9.17, 15) is 0 Å². The molecule has 0 bridgehead atoms. The van der Waals surface area contributed by atoms with Crippen LogP contribution in [0.2, 0.25) is 0 Å². The Bertz CT molecular complexity index is 1810. The lowest BCUT2D eigenvalue weighted by Gasteiger charge is -2.08. The number of thiophene rings is 1. The molecule has 7 aromatic rings. The molecule has 0 atom stereocenters. The Morgan fingerprint density at radius 1 is 0.514 bits per heavy atom. The van der Waals surface area contributed by atoms with Crippen LogP contribution >= 0.6 is 11.3 Å². The first-order chi connectivity index (χ1) is 18.3. The van der Waals surface area contributed by atoms with Crippen LogP contribution in [0.5, 0.6) is 0 Å². The van der Waals surface area contributed by atoms with Crippen molar-refractivity contribution in [2.24, 2.45) is 0 Å². The molecule has 0 radical (unpaired) electrons. The second kappa shape index (κ2) is 8.92. The van der Waals surface area contributed by atoms with Crippen molar-refractivity contribution in [1.82, 2.24) is 34.9 Å². The highest BCUT2D eigenvalue weighted by molar-refractivity contribution is 7.26. The average Bonchev–Trinajstić information content (AvgIpc) is 3.37. The lowest BCUT2D eigenvalue weighted by atomic mass is 10.1. The molecule has 174 valence electrons. The number of rotatable bonds is 4. The Morgan fingerprint density at radius 3 is 1.78 bits per heavy atom. The third kappa shape index (κ3) is 3.89. The zero-order valence-electron chi connectivity index (χ0n) is 19.4. The van der Waals surface area contributed by atoms with E-state index in [-0.39, 0.29) is 0 Å². The quantitative estimate of drug-likeness (QED) is 0.276. The van der Waals surface area contributed by atoms with Crippen LogP contribution in [-0.2, 0) is 0 Å². The van der Waals surface area contributed by atoms with E-state index < -0.39 is 0 Å². The summed E-state index contributed by atoms with van der Waals surface area (Å²) in [4.78, 5) is 32.3. The molecular weight excluding hydrogens is 478 g/mol. The van der Waals surface area contributed by atoms with Gasteiger partial charge in [-0.15, -0.1) is 11.3 Å². The third-order valence-corrected chi connectivity index (χ3v) is 7.17. The standard InChI is InChI=1S/C29H17N7S/c1-3-8-18(9-4-1)26-34-27(19-10-5-2-6-11-19)36-28(35-26)20-14-31-29(32-15-20)22-13-7-12-21-24-23(37-25(21)22)16-30-17-33-24/h1-17H. The van der Waals surface area contributed by atoms with Crippen molar-refractivity contribution in [3.05, 3.63) is 104 Å². The SMILES string of the molecule is c1ccc(-c2nc(-c3ccccc3)nc(-c3cnc(-c4cccc5c4sc4cncnc45)nc3)n2)cc1. The Morgan fingerprint density at radius 2 is 1.14 bits per heavy atom. The summed E-state index contributed by atoms with van der Waals surface area (Å²) in [6.45, 7) is 0. The summed E-state index contributed by atoms with van der Waals surface area (Å²) in [5.41, 5.74) is 4.45. The Hall–Kier alpha value is -4.95. The minimum absolute atomic E-state index is 0.523. The first-order valence-corrected chi connectivity index (χ1v) is 12.5. The lowest BCUT2D eigenvalue weighted by molar-refractivity contribution is 1.06. The Labute approximate surface area is 215 Å². The number of nitrogens with zero attached hydrogens (tertiary/aromatic N) is 7. The molecule has 8 heteroatoms. The van der Waals surface area contributed by atoms with Gasteiger partial charge in [0.2, 0.25) is 0 Å². The molecular formula is C29H17N7S. The maximum atomic E-state index is 4.77. The molecule has 4 heterocycles. The second-order valence-electron chi connectivity index (χ2n) is 8.35. The van der Waals surface area contributed by atoms with Gasteiger partial charge in [0, 0.05) is 45.4 Å². The molecule has 0 unspecified atom stereocenters. The predicted octanol–water partition coefficient (Wildman–Crippen LogP) is 6.49. The predicted molar refractivity (Wildman–Crippen MR) is 146 cm³/mol. The molecule has 0 fully saturated rings. The third-order valence-electron chi connectivity index (χ3n) is 6.01. The molecule has 0 saturated carbocycles. The van der Waals surface area contributed by atoms with Gasteiger partial charge in [0.1, 0.15) is 6.33 Å². The van der Waals surface area contributed by atoms with Gasteiger partial charge in [-0.2, -0.15) is 0 Å². The summed E-state index contributed by atoms with van der Waals surface area (Å²) in [6.07, 6.45) is 6.96. The first kappa shape index (κ1) is 21.3. The number of benzene rings is 3. The summed E-state index contributed by atoms with van der Waals surface area (Å²) < 4.78 is 2.12. The summed E-state index contributed by atoms with van der Waals surface area (Å²) in [5, 5.41) is 1.07. The van der Waals surface area contributed by atoms with E-state index in [0.29, 0.717) is 23.3 Å². The number of fused-ring (bicyclic) bond motifs is 3. The molecule has 0 aliphatic heterocycles. The highest BCUT2D eigenvalue weighted by Gasteiger charge is 2.15. The molecule has 7 nitrogen and oxygen atoms in total. The van der Waals surface area contributed by atoms with Crippen LogP contribution in [0.15, 0.2) is 104 Å². The fraction of sp³-hybridized carbons (Fsp3) is 0. The van der Waals surface area contributed by atoms with Gasteiger partial charge in [-0.05, 0) is 6.07 Å². The zero-order valence-corrected chi connectivity index (χ0v) is 20.2. The number of hydrogen-bond donors (Lipinski definition) is 0. The molecule has 0 aliphatic carbocycles. The van der Waals surface area contributed by atoms with E-state index in [1.165, 1.54) is 0 Å². The van der Waals surface area contributed by atoms with Crippen molar-refractivity contribution in [2.75, 3.05) is 0 Å². The molecule has 7 rings (SSSR count). The smallest absolute Gasteiger partial charge is 0.167 e. The highest BCUT2D eigenvalue weighted by Crippen LogP contribution is 2.37. The molecule has 0 saturated heterocycles. The minimum Gasteiger partial charge on any atom is -0.243 e. The van der Waals surface area contributed by atoms with Crippen LogP contribution in [-0.4, -0.2) is 34.9 Å². The maximum absolute atomic E-state index is 4.77. The van der Waals surface area contributed by atoms with E-state index in [1.807, 2.05) is 79.0 Å². The highest BCUT2D eigenvalue weighted by atomic mass is 32.1. The lowest BCUT2D eigenvalue weighted by Crippen LogP contribution is -2.01. The summed E-state index contributed by atoms with van der Waals surface area (Å²) in [7, 11) is 0. The van der Waals surface area contributed by atoms with Gasteiger partial charge < -0.3 is 0 Å². The topological polar surface area (TPSA) is 90.2 Å². The molecule has 0 N–H and O–H groups in total. The van der Waals surface area contributed by atoms with E-state index >= 15 is 0 Å². The van der Waals surface area contributed by atoms with Gasteiger partial charge in [-0.25, -0.2) is 34.9 Å². The van der Waals surface area contributed by atoms with E-state index in [4.69, 9.17) is 24.9 Å². The van der Waals surface area contributed by atoms with Crippen molar-refractivity contribution < 1.29 is 0 Å². The monoisotopic (exact) mass is 495 g/mol. The largest absolute Gasteiger partial charge is 0.243 e. The first-order valence-electron chi connectivity index (χ1n) is 11.6. The molecule has 0 spiro atoms. The van der Waals surface area contributed by atoms with E-state index in [2.05, 4.69) is 16.0 Å². The van der Waals surface area contributed by atoms with Gasteiger partial charge in [0.05, 0.1) is 15.8 Å². The van der Waals surface area contributed by atoms with Crippen molar-refractivity contribution >= 4 is 31.6 Å². The maximum Gasteiger partial charge on any atom is 0.167 e. The number of hydrogen-bond acceptors (Lipinski definition) is 8. The molecule has 0 amide bonds. The molecule has 37 heavy (non-hydrogen) atoms. The fourth-order valence-electron chi connectivity index (χ4n) is 4.23. The fourth-order valence-corrected chi connectivity index (χ4v) is 5.37. The molecule has 3 aromatic carbocycles. The Balaban J connectivity index is 1.33. The van der Waals surface area contributed by atoms with Gasteiger partial charge in [0.25, 0.3) is 0 Å². The van der Waals surface area contributed by atoms with Crippen LogP contribution in [0.4, 0.5) is 0 Å². The minimum atomic E-state index is 0.523. The molecule has 0 aliphatic rings. The van der Waals surface area contributed by atoms with E-state index in [1.54, 1.807) is 30.1 Å². The van der Waals surface area contributed by atoms with E-state index in [0.717, 1.165) is 42.6 Å². The molecule has 4 aromatic heterocycles. The summed E-state index contributed by atoms with van der Waals surface area (Å²) >= 11 is 1.64. The van der Waals surface area contributed by atoms with Gasteiger partial charge in [-0.1, -0.05) is 72.8 Å². The van der Waals surface area contributed by atoms with Crippen molar-refractivity contribution in [3.63, 3.8) is 0 Å². The van der Waals surface area contributed by atoms with Crippen LogP contribution < -0.4 is 0 Å². The van der Waals surface area contributed by atoms with Crippen LogP contribution in [0, 0.1) is 0 Å². The number of aromatic nitrogens is 7.